The van der Waals surface area contributed by atoms with Crippen LogP contribution in [0.15, 0.2) is 18.5 Å². The van der Waals surface area contributed by atoms with Crippen molar-refractivity contribution in [3.63, 3.8) is 0 Å². The zero-order valence-corrected chi connectivity index (χ0v) is 26.4. The van der Waals surface area contributed by atoms with Crippen molar-refractivity contribution in [2.45, 2.75) is 76.1 Å². The SMILES string of the molecule is Cc1cc2[nH]ncc2c2c1CCOC(=O)OC1CC3(CCCN(C3)c3nc(OC[C@@]45CCCN4C[C@H](F)C5)nc4c(F)c-2ncc34)C1. The van der Waals surface area contributed by atoms with Crippen LogP contribution in [0.5, 0.6) is 6.01 Å². The van der Waals surface area contributed by atoms with E-state index in [-0.39, 0.29) is 42.0 Å². The monoisotopic (exact) mass is 645 g/mol. The summed E-state index contributed by atoms with van der Waals surface area (Å²) in [4.78, 5) is 31.4. The van der Waals surface area contributed by atoms with E-state index in [2.05, 4.69) is 20.0 Å². The van der Waals surface area contributed by atoms with Crippen LogP contribution in [-0.4, -0.2) is 93.4 Å². The number of H-pyrrole nitrogens is 1. The number of benzene rings is 1. The van der Waals surface area contributed by atoms with Gasteiger partial charge in [0.25, 0.3) is 0 Å². The van der Waals surface area contributed by atoms with Crippen LogP contribution < -0.4 is 9.64 Å². The van der Waals surface area contributed by atoms with Crippen molar-refractivity contribution in [2.75, 3.05) is 44.3 Å². The number of aryl methyl sites for hydroxylation is 1. The Balaban J connectivity index is 1.20. The molecule has 4 aromatic rings. The number of pyridine rings is 1. The van der Waals surface area contributed by atoms with Crippen LogP contribution in [0.4, 0.5) is 19.4 Å². The normalized spacial score (nSPS) is 29.0. The molecule has 7 aliphatic rings. The van der Waals surface area contributed by atoms with Crippen LogP contribution in [-0.2, 0) is 15.9 Å². The third kappa shape index (κ3) is 4.71. The molecule has 0 unspecified atom stereocenters. The predicted molar refractivity (Wildman–Crippen MR) is 169 cm³/mol. The number of piperidine rings is 1. The lowest BCUT2D eigenvalue weighted by molar-refractivity contribution is -0.0717. The Hall–Kier alpha value is -4.13. The van der Waals surface area contributed by atoms with Gasteiger partial charge in [-0.15, -0.1) is 0 Å². The fraction of sp³-hybridized carbons (Fsp3) is 0.559. The molecule has 11 rings (SSSR count). The van der Waals surface area contributed by atoms with Crippen molar-refractivity contribution in [3.05, 3.63) is 35.4 Å². The summed E-state index contributed by atoms with van der Waals surface area (Å²) in [7, 11) is 0. The number of halogens is 2. The van der Waals surface area contributed by atoms with Crippen LogP contribution >= 0.6 is 0 Å². The van der Waals surface area contributed by atoms with Gasteiger partial charge in [0.1, 0.15) is 35.9 Å². The predicted octanol–water partition coefficient (Wildman–Crippen LogP) is 5.43. The highest BCUT2D eigenvalue weighted by Gasteiger charge is 2.50. The molecular formula is C34H37F2N7O4. The molecule has 1 N–H and O–H groups in total. The van der Waals surface area contributed by atoms with E-state index < -0.39 is 23.7 Å². The van der Waals surface area contributed by atoms with Gasteiger partial charge in [0.15, 0.2) is 5.82 Å². The zero-order valence-electron chi connectivity index (χ0n) is 26.4. The summed E-state index contributed by atoms with van der Waals surface area (Å²) < 4.78 is 49.2. The number of nitrogens with one attached hydrogen (secondary N) is 1. The molecule has 9 heterocycles. The third-order valence-electron chi connectivity index (χ3n) is 11.3. The Morgan fingerprint density at radius 1 is 1.13 bits per heavy atom. The lowest BCUT2D eigenvalue weighted by Gasteiger charge is -2.52. The van der Waals surface area contributed by atoms with Crippen molar-refractivity contribution in [1.29, 1.82) is 0 Å². The van der Waals surface area contributed by atoms with Gasteiger partial charge >= 0.3 is 12.2 Å². The first-order valence-corrected chi connectivity index (χ1v) is 16.7. The van der Waals surface area contributed by atoms with Crippen molar-refractivity contribution >= 4 is 33.8 Å². The first-order valence-electron chi connectivity index (χ1n) is 16.7. The van der Waals surface area contributed by atoms with E-state index in [0.29, 0.717) is 48.1 Å². The van der Waals surface area contributed by atoms with Crippen LogP contribution in [0.3, 0.4) is 0 Å². The molecule has 246 valence electrons. The number of anilines is 1. The number of hydrogen-bond acceptors (Lipinski definition) is 10. The Labute approximate surface area is 270 Å². The van der Waals surface area contributed by atoms with E-state index in [1.165, 1.54) is 0 Å². The van der Waals surface area contributed by atoms with Gasteiger partial charge in [0.05, 0.1) is 29.2 Å². The van der Waals surface area contributed by atoms with Gasteiger partial charge in [-0.3, -0.25) is 15.0 Å². The molecule has 13 heteroatoms. The molecule has 2 atom stereocenters. The van der Waals surface area contributed by atoms with Gasteiger partial charge in [-0.2, -0.15) is 15.1 Å². The standard InChI is InChI=1S/C34H37F2N7O4/c1-19-10-25-23(15-38-41-25)26-22(19)4-9-45-32(44)47-21-12-33(13-21)5-2-7-42(17-33)30-24-14-37-29(26)27(36)28(24)39-31(40-30)46-18-34-6-3-8-43(34)16-20(35)11-34/h10,14-15,20-21H,2-9,11-13,16-18H2,1H3,(H,38,41)/t20-,21?,33?,34+/m1/s1. The molecule has 1 aromatic carbocycles. The summed E-state index contributed by atoms with van der Waals surface area (Å²) in [6.45, 7) is 4.90. The van der Waals surface area contributed by atoms with E-state index in [4.69, 9.17) is 29.2 Å². The summed E-state index contributed by atoms with van der Waals surface area (Å²) in [6, 6.07) is 2.03. The quantitative estimate of drug-likeness (QED) is 0.289. The van der Waals surface area contributed by atoms with Gasteiger partial charge in [0, 0.05) is 49.6 Å². The minimum Gasteiger partial charge on any atom is -0.461 e. The maximum absolute atomic E-state index is 17.1. The Morgan fingerprint density at radius 2 is 2.00 bits per heavy atom. The molecule has 3 saturated heterocycles. The molecule has 0 radical (unpaired) electrons. The number of carbonyl (C=O) groups excluding carboxylic acids is 1. The first-order chi connectivity index (χ1) is 22.8. The molecule has 1 spiro atoms. The molecule has 11 nitrogen and oxygen atoms in total. The second-order valence-electron chi connectivity index (χ2n) is 14.3. The highest BCUT2D eigenvalue weighted by atomic mass is 19.1. The van der Waals surface area contributed by atoms with Crippen LogP contribution in [0.25, 0.3) is 33.1 Å². The van der Waals surface area contributed by atoms with E-state index in [9.17, 15) is 9.18 Å². The maximum Gasteiger partial charge on any atom is 0.508 e. The summed E-state index contributed by atoms with van der Waals surface area (Å²) >= 11 is 0. The lowest BCUT2D eigenvalue weighted by Crippen LogP contribution is -2.53. The Bertz CT molecular complexity index is 1910. The largest absolute Gasteiger partial charge is 0.508 e. The number of rotatable bonds is 3. The van der Waals surface area contributed by atoms with E-state index >= 15 is 4.39 Å². The number of hydrogen-bond donors (Lipinski definition) is 1. The molecule has 47 heavy (non-hydrogen) atoms. The van der Waals surface area contributed by atoms with Gasteiger partial charge in [-0.1, -0.05) is 0 Å². The number of ether oxygens (including phenoxy) is 3. The maximum atomic E-state index is 17.1. The molecule has 1 aliphatic carbocycles. The van der Waals surface area contributed by atoms with E-state index in [1.807, 2.05) is 13.0 Å². The lowest BCUT2D eigenvalue weighted by atomic mass is 9.62. The third-order valence-corrected chi connectivity index (χ3v) is 11.3. The highest BCUT2D eigenvalue weighted by Crippen LogP contribution is 2.50. The molecule has 0 amide bonds. The summed E-state index contributed by atoms with van der Waals surface area (Å²) in [5.41, 5.74) is 2.77. The number of fused-ring (bicyclic) bond motifs is 2. The summed E-state index contributed by atoms with van der Waals surface area (Å²) in [5.74, 6) is -0.0145. The smallest absolute Gasteiger partial charge is 0.461 e. The molecule has 1 saturated carbocycles. The van der Waals surface area contributed by atoms with Crippen LogP contribution in [0.2, 0.25) is 0 Å². The minimum atomic E-state index is -0.891. The van der Waals surface area contributed by atoms with E-state index in [0.717, 1.165) is 68.3 Å². The molecule has 6 aliphatic heterocycles. The van der Waals surface area contributed by atoms with E-state index in [1.54, 1.807) is 12.4 Å². The minimum absolute atomic E-state index is 0.0507. The second-order valence-corrected chi connectivity index (χ2v) is 14.3. The Kier molecular flexibility index (Phi) is 6.61. The average Bonchev–Trinajstić information content (AvgIpc) is 3.73. The van der Waals surface area contributed by atoms with Gasteiger partial charge in [-0.25, -0.2) is 13.6 Å². The molecule has 3 aromatic heterocycles. The second kappa shape index (κ2) is 10.7. The fourth-order valence-electron chi connectivity index (χ4n) is 9.13. The number of aromatic nitrogens is 5. The van der Waals surface area contributed by atoms with Gasteiger partial charge in [-0.05, 0) is 74.6 Å². The van der Waals surface area contributed by atoms with Crippen LogP contribution in [0, 0.1) is 18.2 Å². The number of aromatic amines is 1. The number of nitrogens with zero attached hydrogens (tertiary/aromatic N) is 6. The molecule has 7 bridgehead atoms. The van der Waals surface area contributed by atoms with Crippen molar-refractivity contribution in [2.24, 2.45) is 5.41 Å². The first kappa shape index (κ1) is 29.0. The summed E-state index contributed by atoms with van der Waals surface area (Å²) in [6.07, 6.45) is 7.48. The van der Waals surface area contributed by atoms with Crippen molar-refractivity contribution < 1.29 is 27.8 Å². The van der Waals surface area contributed by atoms with Gasteiger partial charge in [0.2, 0.25) is 0 Å². The van der Waals surface area contributed by atoms with Crippen molar-refractivity contribution in [3.8, 4) is 17.3 Å². The fourth-order valence-corrected chi connectivity index (χ4v) is 9.13. The number of alkyl halides is 1. The topological polar surface area (TPSA) is 119 Å². The number of carbonyl (C=O) groups is 1. The molecular weight excluding hydrogens is 608 g/mol. The van der Waals surface area contributed by atoms with Gasteiger partial charge < -0.3 is 19.1 Å². The molecule has 4 fully saturated rings. The summed E-state index contributed by atoms with van der Waals surface area (Å²) in [5, 5.41) is 8.43. The average molecular weight is 646 g/mol. The Morgan fingerprint density at radius 3 is 2.89 bits per heavy atom. The zero-order chi connectivity index (χ0) is 31.9. The van der Waals surface area contributed by atoms with Crippen molar-refractivity contribution in [1.82, 2.24) is 30.0 Å². The van der Waals surface area contributed by atoms with Crippen LogP contribution in [0.1, 0.15) is 56.1 Å². The highest BCUT2D eigenvalue weighted by molar-refractivity contribution is 5.99.